The Bertz CT molecular complexity index is 1150. The fraction of sp³-hybridized carbons (Fsp3) is 0.300. The van der Waals surface area contributed by atoms with Crippen molar-refractivity contribution in [3.8, 4) is 11.3 Å². The second kappa shape index (κ2) is 7.05. The molecule has 3 aromatic heterocycles. The van der Waals surface area contributed by atoms with Crippen molar-refractivity contribution in [1.29, 1.82) is 0 Å². The first-order valence-corrected chi connectivity index (χ1v) is 9.44. The molecule has 0 amide bonds. The molecule has 5 rings (SSSR count). The van der Waals surface area contributed by atoms with Crippen molar-refractivity contribution in [2.45, 2.75) is 25.9 Å². The Labute approximate surface area is 161 Å². The van der Waals surface area contributed by atoms with Crippen molar-refractivity contribution in [2.24, 2.45) is 0 Å². The van der Waals surface area contributed by atoms with Crippen LogP contribution >= 0.6 is 0 Å². The van der Waals surface area contributed by atoms with E-state index in [1.54, 1.807) is 21.5 Å². The molecular formula is C20H20N6O2. The lowest BCUT2D eigenvalue weighted by molar-refractivity contribution is 0.267. The van der Waals surface area contributed by atoms with Crippen LogP contribution in [0.4, 0.5) is 0 Å². The first-order valence-electron chi connectivity index (χ1n) is 9.44. The zero-order valence-corrected chi connectivity index (χ0v) is 15.4. The highest BCUT2D eigenvalue weighted by Crippen LogP contribution is 2.17. The summed E-state index contributed by atoms with van der Waals surface area (Å²) in [6.07, 6.45) is 5.90. The molecule has 1 fully saturated rings. The maximum absolute atomic E-state index is 12.9. The highest BCUT2D eigenvalue weighted by Gasteiger charge is 2.16. The summed E-state index contributed by atoms with van der Waals surface area (Å²) >= 11 is 0. The minimum atomic E-state index is -0.136. The van der Waals surface area contributed by atoms with Crippen LogP contribution in [0.25, 0.3) is 16.8 Å². The summed E-state index contributed by atoms with van der Waals surface area (Å²) in [7, 11) is 0. The molecule has 0 spiro atoms. The van der Waals surface area contributed by atoms with E-state index in [0.717, 1.165) is 24.3 Å². The predicted octanol–water partition coefficient (Wildman–Crippen LogP) is 2.19. The summed E-state index contributed by atoms with van der Waals surface area (Å²) in [5.74, 6) is 1.10. The lowest BCUT2D eigenvalue weighted by Crippen LogP contribution is -2.22. The third-order valence-corrected chi connectivity index (χ3v) is 5.05. The largest absolute Gasteiger partial charge is 0.338 e. The predicted molar refractivity (Wildman–Crippen MR) is 103 cm³/mol. The summed E-state index contributed by atoms with van der Waals surface area (Å²) < 4.78 is 8.54. The average molecular weight is 376 g/mol. The fourth-order valence-corrected chi connectivity index (χ4v) is 3.60. The summed E-state index contributed by atoms with van der Waals surface area (Å²) in [6.45, 7) is 3.08. The molecule has 1 aliphatic rings. The standard InChI is InChI=1S/C20H20N6O2/c27-20-17-12-16(15-6-2-1-3-7-15)22-26(17)11-10-25(20)13-18-21-19(28-23-18)14-24-8-4-5-9-24/h1-3,6-7,10-12H,4-5,8-9,13-14H2. The Morgan fingerprint density at radius 3 is 2.68 bits per heavy atom. The number of rotatable bonds is 5. The number of hydrogen-bond donors (Lipinski definition) is 0. The van der Waals surface area contributed by atoms with Crippen molar-refractivity contribution >= 4 is 5.52 Å². The van der Waals surface area contributed by atoms with Gasteiger partial charge in [-0.1, -0.05) is 35.5 Å². The van der Waals surface area contributed by atoms with Crippen LogP contribution in [0.3, 0.4) is 0 Å². The summed E-state index contributed by atoms with van der Waals surface area (Å²) in [4.78, 5) is 19.6. The van der Waals surface area contributed by atoms with Crippen LogP contribution in [-0.2, 0) is 13.1 Å². The Morgan fingerprint density at radius 2 is 1.86 bits per heavy atom. The molecule has 28 heavy (non-hydrogen) atoms. The van der Waals surface area contributed by atoms with E-state index >= 15 is 0 Å². The van der Waals surface area contributed by atoms with Gasteiger partial charge in [-0.25, -0.2) is 4.52 Å². The molecule has 0 radical (unpaired) electrons. The normalized spacial score (nSPS) is 14.9. The van der Waals surface area contributed by atoms with Crippen LogP contribution in [0.15, 0.2) is 58.1 Å². The smallest absolute Gasteiger partial charge is 0.277 e. The molecule has 0 aliphatic carbocycles. The topological polar surface area (TPSA) is 81.5 Å². The highest BCUT2D eigenvalue weighted by atomic mass is 16.5. The lowest BCUT2D eigenvalue weighted by atomic mass is 10.1. The molecule has 0 saturated carbocycles. The lowest BCUT2D eigenvalue weighted by Gasteiger charge is -2.09. The minimum Gasteiger partial charge on any atom is -0.338 e. The molecule has 1 aliphatic heterocycles. The minimum absolute atomic E-state index is 0.136. The fourth-order valence-electron chi connectivity index (χ4n) is 3.60. The van der Waals surface area contributed by atoms with E-state index in [0.29, 0.717) is 23.8 Å². The van der Waals surface area contributed by atoms with Gasteiger partial charge >= 0.3 is 0 Å². The molecule has 4 aromatic rings. The van der Waals surface area contributed by atoms with Crippen LogP contribution in [0.5, 0.6) is 0 Å². The molecule has 0 atom stereocenters. The summed E-state index contributed by atoms with van der Waals surface area (Å²) in [6, 6.07) is 11.6. The van der Waals surface area contributed by atoms with Crippen molar-refractivity contribution in [2.75, 3.05) is 13.1 Å². The average Bonchev–Trinajstić information content (AvgIpc) is 3.47. The van der Waals surface area contributed by atoms with Crippen LogP contribution in [0.1, 0.15) is 24.6 Å². The van der Waals surface area contributed by atoms with E-state index in [9.17, 15) is 4.79 Å². The molecule has 0 unspecified atom stereocenters. The highest BCUT2D eigenvalue weighted by molar-refractivity contribution is 5.65. The van der Waals surface area contributed by atoms with Crippen molar-refractivity contribution in [3.05, 3.63) is 70.9 Å². The van der Waals surface area contributed by atoms with Crippen molar-refractivity contribution < 1.29 is 4.52 Å². The van der Waals surface area contributed by atoms with Gasteiger partial charge in [-0.2, -0.15) is 10.1 Å². The SMILES string of the molecule is O=c1c2cc(-c3ccccc3)nn2ccn1Cc1noc(CN2CCCC2)n1. The van der Waals surface area contributed by atoms with E-state index in [1.165, 1.54) is 12.8 Å². The number of benzene rings is 1. The van der Waals surface area contributed by atoms with Crippen molar-refractivity contribution in [1.82, 2.24) is 29.2 Å². The van der Waals surface area contributed by atoms with Crippen LogP contribution in [-0.4, -0.2) is 42.3 Å². The zero-order valence-electron chi connectivity index (χ0n) is 15.4. The van der Waals surface area contributed by atoms with Crippen molar-refractivity contribution in [3.63, 3.8) is 0 Å². The zero-order chi connectivity index (χ0) is 18.9. The van der Waals surface area contributed by atoms with Gasteiger partial charge in [0.25, 0.3) is 5.56 Å². The Balaban J connectivity index is 1.39. The third-order valence-electron chi connectivity index (χ3n) is 5.05. The van der Waals surface area contributed by atoms with Crippen LogP contribution < -0.4 is 5.56 Å². The summed E-state index contributed by atoms with van der Waals surface area (Å²) in [5, 5.41) is 8.53. The molecule has 8 heteroatoms. The summed E-state index contributed by atoms with van der Waals surface area (Å²) in [5.41, 5.74) is 2.12. The maximum atomic E-state index is 12.9. The van der Waals surface area contributed by atoms with E-state index in [4.69, 9.17) is 4.52 Å². The van der Waals surface area contributed by atoms with Crippen LogP contribution in [0.2, 0.25) is 0 Å². The van der Waals surface area contributed by atoms with E-state index < -0.39 is 0 Å². The van der Waals surface area contributed by atoms with Gasteiger partial charge in [0.1, 0.15) is 5.52 Å². The van der Waals surface area contributed by atoms with E-state index in [1.807, 2.05) is 36.4 Å². The molecule has 8 nitrogen and oxygen atoms in total. The third kappa shape index (κ3) is 3.22. The number of aromatic nitrogens is 5. The number of hydrogen-bond acceptors (Lipinski definition) is 6. The van der Waals surface area contributed by atoms with Gasteiger partial charge < -0.3 is 9.09 Å². The molecule has 0 bridgehead atoms. The molecule has 4 heterocycles. The Hall–Kier alpha value is -3.26. The Morgan fingerprint density at radius 1 is 1.04 bits per heavy atom. The van der Waals surface area contributed by atoms with Gasteiger partial charge in [0.05, 0.1) is 18.8 Å². The second-order valence-corrected chi connectivity index (χ2v) is 7.04. The van der Waals surface area contributed by atoms with Gasteiger partial charge in [0.2, 0.25) is 5.89 Å². The van der Waals surface area contributed by atoms with E-state index in [2.05, 4.69) is 20.1 Å². The van der Waals surface area contributed by atoms with Gasteiger partial charge in [-0.15, -0.1) is 0 Å². The first-order chi connectivity index (χ1) is 13.8. The Kier molecular flexibility index (Phi) is 4.25. The molecular weight excluding hydrogens is 356 g/mol. The second-order valence-electron chi connectivity index (χ2n) is 7.04. The molecule has 1 saturated heterocycles. The molecule has 1 aromatic carbocycles. The van der Waals surface area contributed by atoms with Gasteiger partial charge in [0, 0.05) is 18.0 Å². The van der Waals surface area contributed by atoms with Gasteiger partial charge in [0.15, 0.2) is 5.82 Å². The van der Waals surface area contributed by atoms with Gasteiger partial charge in [-0.3, -0.25) is 9.69 Å². The van der Waals surface area contributed by atoms with Crippen LogP contribution in [0, 0.1) is 0 Å². The molecule has 0 N–H and O–H groups in total. The van der Waals surface area contributed by atoms with E-state index in [-0.39, 0.29) is 12.1 Å². The maximum Gasteiger partial charge on any atom is 0.277 e. The quantitative estimate of drug-likeness (QED) is 0.531. The number of nitrogens with zero attached hydrogens (tertiary/aromatic N) is 6. The number of likely N-dealkylation sites (tertiary alicyclic amines) is 1. The molecule has 142 valence electrons. The first kappa shape index (κ1) is 16.9. The monoisotopic (exact) mass is 376 g/mol. The van der Waals surface area contributed by atoms with Gasteiger partial charge in [-0.05, 0) is 32.0 Å². The number of fused-ring (bicyclic) bond motifs is 1.